The number of nitrogens with zero attached hydrogens (tertiary/aromatic N) is 1. The van der Waals surface area contributed by atoms with Crippen LogP contribution in [-0.2, 0) is 0 Å². The van der Waals surface area contributed by atoms with Gasteiger partial charge in [0, 0.05) is 25.2 Å². The first kappa shape index (κ1) is 13.3. The predicted octanol–water partition coefficient (Wildman–Crippen LogP) is 3.30. The molecule has 1 N–H and O–H groups in total. The number of hydrogen-bond donors (Lipinski definition) is 1. The molecule has 18 heavy (non-hydrogen) atoms. The Bertz CT molecular complexity index is 367. The average Bonchev–Trinajstić information content (AvgIpc) is 2.38. The van der Waals surface area contributed by atoms with Crippen LogP contribution in [0.5, 0.6) is 0 Å². The van der Waals surface area contributed by atoms with Crippen LogP contribution < -0.4 is 5.32 Å². The van der Waals surface area contributed by atoms with Gasteiger partial charge in [-0.15, -0.1) is 0 Å². The Hall–Kier alpha value is -1.09. The summed E-state index contributed by atoms with van der Waals surface area (Å²) in [4.78, 5) is 2.54. The van der Waals surface area contributed by atoms with E-state index in [1.165, 1.54) is 31.9 Å². The number of para-hydroxylation sites is 1. The van der Waals surface area contributed by atoms with Gasteiger partial charge in [0.1, 0.15) is 5.82 Å². The lowest BCUT2D eigenvalue weighted by molar-refractivity contribution is 0.160. The fraction of sp³-hybridized carbons (Fsp3) is 0.600. The number of benzene rings is 1. The molecule has 0 aliphatic carbocycles. The van der Waals surface area contributed by atoms with Crippen molar-refractivity contribution in [3.8, 4) is 0 Å². The lowest BCUT2D eigenvalue weighted by Gasteiger charge is -2.33. The molecule has 1 aromatic carbocycles. The SMILES string of the molecule is CC1CCCCN1CCCNc1[c]cccc1F. The van der Waals surface area contributed by atoms with Crippen LogP contribution in [0.4, 0.5) is 10.1 Å². The molecule has 1 unspecified atom stereocenters. The first-order valence-corrected chi connectivity index (χ1v) is 6.91. The first-order valence-electron chi connectivity index (χ1n) is 6.91. The Kier molecular flexibility index (Phi) is 5.00. The summed E-state index contributed by atoms with van der Waals surface area (Å²) in [6, 6.07) is 8.45. The number of anilines is 1. The van der Waals surface area contributed by atoms with Gasteiger partial charge in [-0.05, 0) is 38.8 Å². The molecular formula is C15H22FN2. The zero-order valence-electron chi connectivity index (χ0n) is 11.1. The summed E-state index contributed by atoms with van der Waals surface area (Å²) in [6.07, 6.45) is 5.04. The van der Waals surface area contributed by atoms with Crippen molar-refractivity contribution in [1.82, 2.24) is 4.90 Å². The van der Waals surface area contributed by atoms with Gasteiger partial charge < -0.3 is 10.2 Å². The molecular weight excluding hydrogens is 227 g/mol. The maximum absolute atomic E-state index is 13.3. The normalized spacial score (nSPS) is 20.9. The number of likely N-dealkylation sites (tertiary alicyclic amines) is 1. The molecule has 1 aliphatic rings. The van der Waals surface area contributed by atoms with Crippen LogP contribution in [0.15, 0.2) is 18.2 Å². The van der Waals surface area contributed by atoms with Gasteiger partial charge in [0.15, 0.2) is 0 Å². The Labute approximate surface area is 109 Å². The Morgan fingerprint density at radius 3 is 3.17 bits per heavy atom. The van der Waals surface area contributed by atoms with E-state index in [4.69, 9.17) is 0 Å². The van der Waals surface area contributed by atoms with Crippen LogP contribution in [0.3, 0.4) is 0 Å². The summed E-state index contributed by atoms with van der Waals surface area (Å²) < 4.78 is 13.3. The third kappa shape index (κ3) is 3.70. The quantitative estimate of drug-likeness (QED) is 0.805. The predicted molar refractivity (Wildman–Crippen MR) is 73.2 cm³/mol. The highest BCUT2D eigenvalue weighted by Crippen LogP contribution is 2.16. The lowest BCUT2D eigenvalue weighted by Crippen LogP contribution is -2.38. The minimum atomic E-state index is -0.219. The van der Waals surface area contributed by atoms with E-state index in [1.807, 2.05) is 0 Å². The van der Waals surface area contributed by atoms with Crippen molar-refractivity contribution in [2.45, 2.75) is 38.6 Å². The summed E-state index contributed by atoms with van der Waals surface area (Å²) in [5, 5.41) is 3.11. The van der Waals surface area contributed by atoms with E-state index in [0.717, 1.165) is 19.5 Å². The van der Waals surface area contributed by atoms with E-state index < -0.39 is 0 Å². The third-order valence-corrected chi connectivity index (χ3v) is 3.67. The Morgan fingerprint density at radius 1 is 1.50 bits per heavy atom. The minimum Gasteiger partial charge on any atom is -0.382 e. The number of hydrogen-bond acceptors (Lipinski definition) is 2. The van der Waals surface area contributed by atoms with E-state index >= 15 is 0 Å². The van der Waals surface area contributed by atoms with Crippen molar-refractivity contribution >= 4 is 5.69 Å². The van der Waals surface area contributed by atoms with Crippen molar-refractivity contribution in [3.05, 3.63) is 30.1 Å². The number of nitrogens with one attached hydrogen (secondary N) is 1. The summed E-state index contributed by atoms with van der Waals surface area (Å²) in [6.45, 7) is 5.42. The fourth-order valence-electron chi connectivity index (χ4n) is 2.54. The molecule has 0 bridgehead atoms. The van der Waals surface area contributed by atoms with Gasteiger partial charge in [0.05, 0.1) is 5.69 Å². The lowest BCUT2D eigenvalue weighted by atomic mass is 10.0. The smallest absolute Gasteiger partial charge is 0.146 e. The van der Waals surface area contributed by atoms with Crippen LogP contribution in [-0.4, -0.2) is 30.6 Å². The zero-order valence-corrected chi connectivity index (χ0v) is 11.1. The second-order valence-corrected chi connectivity index (χ2v) is 5.05. The molecule has 0 spiro atoms. The standard InChI is InChI=1S/C15H22FN2/c1-13-7-4-5-11-18(13)12-6-10-17-15-9-3-2-8-14(15)16/h2-3,8,13,17H,4-7,10-12H2,1H3. The molecule has 0 saturated carbocycles. The molecule has 1 saturated heterocycles. The van der Waals surface area contributed by atoms with Crippen molar-refractivity contribution in [2.24, 2.45) is 0 Å². The van der Waals surface area contributed by atoms with E-state index in [9.17, 15) is 4.39 Å². The van der Waals surface area contributed by atoms with Gasteiger partial charge in [-0.1, -0.05) is 18.6 Å². The Morgan fingerprint density at radius 2 is 2.39 bits per heavy atom. The van der Waals surface area contributed by atoms with Gasteiger partial charge in [-0.3, -0.25) is 0 Å². The van der Waals surface area contributed by atoms with Crippen LogP contribution in [0.1, 0.15) is 32.6 Å². The van der Waals surface area contributed by atoms with Crippen LogP contribution in [0.2, 0.25) is 0 Å². The average molecular weight is 249 g/mol. The summed E-state index contributed by atoms with van der Waals surface area (Å²) in [7, 11) is 0. The number of piperidine rings is 1. The van der Waals surface area contributed by atoms with Gasteiger partial charge >= 0.3 is 0 Å². The molecule has 0 aromatic heterocycles. The molecule has 1 aromatic rings. The second kappa shape index (κ2) is 6.74. The maximum Gasteiger partial charge on any atom is 0.146 e. The van der Waals surface area contributed by atoms with Crippen molar-refractivity contribution in [2.75, 3.05) is 25.0 Å². The number of halogens is 1. The highest BCUT2D eigenvalue weighted by molar-refractivity contribution is 5.42. The molecule has 1 radical (unpaired) electrons. The van der Waals surface area contributed by atoms with E-state index in [2.05, 4.69) is 23.2 Å². The second-order valence-electron chi connectivity index (χ2n) is 5.05. The molecule has 2 rings (SSSR count). The van der Waals surface area contributed by atoms with Crippen LogP contribution in [0, 0.1) is 11.9 Å². The molecule has 1 fully saturated rings. The molecule has 99 valence electrons. The van der Waals surface area contributed by atoms with Gasteiger partial charge in [-0.2, -0.15) is 0 Å². The molecule has 0 amide bonds. The maximum atomic E-state index is 13.3. The van der Waals surface area contributed by atoms with Crippen LogP contribution in [0.25, 0.3) is 0 Å². The van der Waals surface area contributed by atoms with E-state index in [-0.39, 0.29) is 5.82 Å². The summed E-state index contributed by atoms with van der Waals surface area (Å²) >= 11 is 0. The molecule has 1 aliphatic heterocycles. The Balaban J connectivity index is 1.68. The molecule has 3 heteroatoms. The molecule has 2 nitrogen and oxygen atoms in total. The minimum absolute atomic E-state index is 0.219. The molecule has 1 atom stereocenters. The van der Waals surface area contributed by atoms with E-state index in [1.54, 1.807) is 12.1 Å². The van der Waals surface area contributed by atoms with Crippen molar-refractivity contribution in [3.63, 3.8) is 0 Å². The van der Waals surface area contributed by atoms with Crippen molar-refractivity contribution < 1.29 is 4.39 Å². The third-order valence-electron chi connectivity index (χ3n) is 3.67. The molecule has 1 heterocycles. The number of rotatable bonds is 5. The summed E-state index contributed by atoms with van der Waals surface area (Å²) in [5.74, 6) is -0.219. The summed E-state index contributed by atoms with van der Waals surface area (Å²) in [5.41, 5.74) is 0.490. The highest BCUT2D eigenvalue weighted by Gasteiger charge is 2.16. The van der Waals surface area contributed by atoms with Crippen LogP contribution >= 0.6 is 0 Å². The zero-order chi connectivity index (χ0) is 12.8. The topological polar surface area (TPSA) is 15.3 Å². The first-order chi connectivity index (χ1) is 8.77. The van der Waals surface area contributed by atoms with Crippen molar-refractivity contribution in [1.29, 1.82) is 0 Å². The monoisotopic (exact) mass is 249 g/mol. The highest BCUT2D eigenvalue weighted by atomic mass is 19.1. The largest absolute Gasteiger partial charge is 0.382 e. The van der Waals surface area contributed by atoms with Gasteiger partial charge in [0.2, 0.25) is 0 Å². The van der Waals surface area contributed by atoms with Gasteiger partial charge in [-0.25, -0.2) is 4.39 Å². The van der Waals surface area contributed by atoms with E-state index in [0.29, 0.717) is 11.7 Å². The fourth-order valence-corrected chi connectivity index (χ4v) is 2.54. The van der Waals surface area contributed by atoms with Gasteiger partial charge in [0.25, 0.3) is 0 Å².